The van der Waals surface area contributed by atoms with Gasteiger partial charge in [0, 0.05) is 24.2 Å². The van der Waals surface area contributed by atoms with Gasteiger partial charge in [-0.25, -0.2) is 4.39 Å². The van der Waals surface area contributed by atoms with Gasteiger partial charge in [-0.1, -0.05) is 42.0 Å². The van der Waals surface area contributed by atoms with Crippen LogP contribution in [0.15, 0.2) is 73.1 Å². The van der Waals surface area contributed by atoms with Gasteiger partial charge in [0.15, 0.2) is 0 Å². The Morgan fingerprint density at radius 2 is 1.95 bits per heavy atom. The van der Waals surface area contributed by atoms with Crippen LogP contribution in [0.25, 0.3) is 0 Å². The Kier molecular flexibility index (Phi) is 8.52. The van der Waals surface area contributed by atoms with Gasteiger partial charge in [-0.2, -0.15) is 5.10 Å². The second-order valence-electron chi connectivity index (χ2n) is 9.92. The van der Waals surface area contributed by atoms with Gasteiger partial charge in [-0.05, 0) is 56.4 Å². The minimum absolute atomic E-state index is 0. The number of aromatic nitrogens is 2. The van der Waals surface area contributed by atoms with Crippen LogP contribution in [0.5, 0.6) is 5.75 Å². The molecule has 1 aliphatic heterocycles. The van der Waals surface area contributed by atoms with E-state index in [4.69, 9.17) is 4.74 Å². The molecule has 9 heteroatoms. The monoisotopic (exact) mass is 538 g/mol. The highest BCUT2D eigenvalue weighted by molar-refractivity contribution is 5.99. The van der Waals surface area contributed by atoms with Gasteiger partial charge >= 0.3 is 0 Å². The van der Waals surface area contributed by atoms with Crippen molar-refractivity contribution in [2.75, 3.05) is 18.4 Å². The molecule has 1 aliphatic carbocycles. The van der Waals surface area contributed by atoms with Gasteiger partial charge < -0.3 is 15.0 Å². The minimum Gasteiger partial charge on any atom is -0.489 e. The number of carbonyl (C=O) groups is 2. The molecule has 1 atom stereocenters. The fraction of sp³-hybridized carbons (Fsp3) is 0.345. The third-order valence-corrected chi connectivity index (χ3v) is 7.01. The number of aryl methyl sites for hydroxylation is 1. The Bertz CT molecular complexity index is 1300. The van der Waals surface area contributed by atoms with E-state index in [2.05, 4.69) is 10.4 Å². The summed E-state index contributed by atoms with van der Waals surface area (Å²) in [4.78, 5) is 27.2. The fourth-order valence-electron chi connectivity index (χ4n) is 4.77. The lowest BCUT2D eigenvalue weighted by Crippen LogP contribution is -2.45. The van der Waals surface area contributed by atoms with Crippen LogP contribution in [0.4, 0.5) is 10.1 Å². The number of benzene rings is 2. The number of hydrogen-bond acceptors (Lipinski definition) is 4. The normalized spacial score (nSPS) is 18.1. The first-order valence-corrected chi connectivity index (χ1v) is 12.7. The molecule has 1 saturated carbocycles. The third kappa shape index (κ3) is 6.61. The van der Waals surface area contributed by atoms with Crippen LogP contribution in [0, 0.1) is 12.7 Å². The van der Waals surface area contributed by atoms with Crippen LogP contribution in [-0.4, -0.2) is 45.7 Å². The summed E-state index contributed by atoms with van der Waals surface area (Å²) in [5.41, 5.74) is 1.88. The van der Waals surface area contributed by atoms with E-state index in [0.717, 1.165) is 31.4 Å². The van der Waals surface area contributed by atoms with Gasteiger partial charge in [-0.15, -0.1) is 12.4 Å². The number of likely N-dealkylation sites (tertiary alicyclic amines) is 1. The number of carbonyl (C=O) groups excluding carboxylic acids is 2. The van der Waals surface area contributed by atoms with E-state index in [1.165, 1.54) is 28.6 Å². The van der Waals surface area contributed by atoms with E-state index in [0.29, 0.717) is 24.3 Å². The predicted octanol–water partition coefficient (Wildman–Crippen LogP) is 5.05. The standard InChI is InChI=1S/C29H31FN4O3.ClH/c1-21-8-10-23(11-9-21)37-24-5-4-16-33(19-24)28(36)20-34-18-22(17-31-34)32-27(35)12-13-29(14-15-29)25-6-2-3-7-26(25)30;/h2-3,6-13,17-18,24H,4-5,14-16,19-20H2,1H3,(H,32,35);1H/b13-12+;. The lowest BCUT2D eigenvalue weighted by atomic mass is 9.95. The number of nitrogens with zero attached hydrogens (tertiary/aromatic N) is 3. The quantitative estimate of drug-likeness (QED) is 0.407. The van der Waals surface area contributed by atoms with Crippen LogP contribution in [0.2, 0.25) is 0 Å². The number of hydrogen-bond donors (Lipinski definition) is 1. The molecular weight excluding hydrogens is 507 g/mol. The molecule has 3 aromatic rings. The molecule has 7 nitrogen and oxygen atoms in total. The van der Waals surface area contributed by atoms with Gasteiger partial charge in [0.2, 0.25) is 11.8 Å². The number of rotatable bonds is 8. The van der Waals surface area contributed by atoms with Gasteiger partial charge in [-0.3, -0.25) is 14.3 Å². The lowest BCUT2D eigenvalue weighted by molar-refractivity contribution is -0.134. The number of piperidine rings is 1. The molecule has 2 fully saturated rings. The number of amides is 2. The van der Waals surface area contributed by atoms with Crippen molar-refractivity contribution in [2.45, 2.75) is 50.7 Å². The van der Waals surface area contributed by atoms with Crippen LogP contribution in [0.3, 0.4) is 0 Å². The Morgan fingerprint density at radius 1 is 1.18 bits per heavy atom. The number of anilines is 1. The molecule has 2 heterocycles. The van der Waals surface area contributed by atoms with Crippen molar-refractivity contribution in [1.29, 1.82) is 0 Å². The van der Waals surface area contributed by atoms with Crippen molar-refractivity contribution in [1.82, 2.24) is 14.7 Å². The molecular formula is C29H32ClFN4O3. The zero-order valence-electron chi connectivity index (χ0n) is 21.3. The SMILES string of the molecule is Cc1ccc(OC2CCCN(C(=O)Cn3cc(NC(=O)/C=C/C4(c5ccccc5F)CC4)cn3)C2)cc1.Cl. The van der Waals surface area contributed by atoms with Crippen LogP contribution in [-0.2, 0) is 21.5 Å². The average Bonchev–Trinajstić information content (AvgIpc) is 3.56. The number of allylic oxidation sites excluding steroid dienone is 1. The maximum absolute atomic E-state index is 14.2. The number of halogens is 2. The second-order valence-corrected chi connectivity index (χ2v) is 9.92. The molecule has 0 radical (unpaired) electrons. The summed E-state index contributed by atoms with van der Waals surface area (Å²) >= 11 is 0. The molecule has 5 rings (SSSR count). The van der Waals surface area contributed by atoms with Crippen molar-refractivity contribution < 1.29 is 18.7 Å². The highest BCUT2D eigenvalue weighted by atomic mass is 35.5. The molecule has 2 aliphatic rings. The molecule has 2 aromatic carbocycles. The topological polar surface area (TPSA) is 76.5 Å². The molecule has 38 heavy (non-hydrogen) atoms. The molecule has 0 bridgehead atoms. The maximum atomic E-state index is 14.2. The van der Waals surface area contributed by atoms with Crippen molar-refractivity contribution in [3.63, 3.8) is 0 Å². The maximum Gasteiger partial charge on any atom is 0.248 e. The molecule has 1 aromatic heterocycles. The van der Waals surface area contributed by atoms with Gasteiger partial charge in [0.05, 0.1) is 18.4 Å². The summed E-state index contributed by atoms with van der Waals surface area (Å²) in [7, 11) is 0. The minimum atomic E-state index is -0.408. The van der Waals surface area contributed by atoms with Crippen LogP contribution < -0.4 is 10.1 Å². The van der Waals surface area contributed by atoms with E-state index in [9.17, 15) is 14.0 Å². The van der Waals surface area contributed by atoms with Gasteiger partial charge in [0.25, 0.3) is 0 Å². The smallest absolute Gasteiger partial charge is 0.248 e. The van der Waals surface area contributed by atoms with Crippen molar-refractivity contribution in [3.05, 3.63) is 90.0 Å². The summed E-state index contributed by atoms with van der Waals surface area (Å²) < 4.78 is 21.8. The first-order valence-electron chi connectivity index (χ1n) is 12.7. The van der Waals surface area contributed by atoms with E-state index < -0.39 is 5.41 Å². The van der Waals surface area contributed by atoms with E-state index in [-0.39, 0.29) is 42.7 Å². The Balaban J connectivity index is 0.00000336. The van der Waals surface area contributed by atoms with Crippen molar-refractivity contribution in [3.8, 4) is 5.75 Å². The number of nitrogens with one attached hydrogen (secondary N) is 1. The van der Waals surface area contributed by atoms with Crippen molar-refractivity contribution in [2.24, 2.45) is 0 Å². The largest absolute Gasteiger partial charge is 0.489 e. The summed E-state index contributed by atoms with van der Waals surface area (Å²) in [6.45, 7) is 3.34. The lowest BCUT2D eigenvalue weighted by Gasteiger charge is -2.33. The summed E-state index contributed by atoms with van der Waals surface area (Å²) in [5, 5.41) is 7.00. The summed E-state index contributed by atoms with van der Waals surface area (Å²) in [5.74, 6) is 0.199. The zero-order valence-corrected chi connectivity index (χ0v) is 22.1. The highest BCUT2D eigenvalue weighted by Gasteiger charge is 2.43. The van der Waals surface area contributed by atoms with Crippen LogP contribution in [0.1, 0.15) is 36.8 Å². The molecule has 1 unspecified atom stereocenters. The van der Waals surface area contributed by atoms with Crippen LogP contribution >= 0.6 is 12.4 Å². The van der Waals surface area contributed by atoms with Gasteiger partial charge in [0.1, 0.15) is 24.2 Å². The Hall–Kier alpha value is -3.65. The summed E-state index contributed by atoms with van der Waals surface area (Å²) in [6.07, 6.45) is 9.74. The highest BCUT2D eigenvalue weighted by Crippen LogP contribution is 2.50. The predicted molar refractivity (Wildman–Crippen MR) is 146 cm³/mol. The Morgan fingerprint density at radius 3 is 2.68 bits per heavy atom. The van der Waals surface area contributed by atoms with E-state index >= 15 is 0 Å². The average molecular weight is 539 g/mol. The molecule has 2 amide bonds. The summed E-state index contributed by atoms with van der Waals surface area (Å²) in [6, 6.07) is 14.6. The van der Waals surface area contributed by atoms with Crippen molar-refractivity contribution >= 4 is 29.9 Å². The second kappa shape index (κ2) is 11.8. The molecule has 1 N–H and O–H groups in total. The first kappa shape index (κ1) is 27.4. The third-order valence-electron chi connectivity index (χ3n) is 7.01. The van der Waals surface area contributed by atoms with E-state index in [1.807, 2.05) is 42.2 Å². The first-order chi connectivity index (χ1) is 17.9. The molecule has 0 spiro atoms. The Labute approximate surface area is 228 Å². The zero-order chi connectivity index (χ0) is 25.8. The number of ether oxygens (including phenoxy) is 1. The van der Waals surface area contributed by atoms with E-state index in [1.54, 1.807) is 24.4 Å². The molecule has 200 valence electrons. The molecule has 1 saturated heterocycles. The fourth-order valence-corrected chi connectivity index (χ4v) is 4.77.